The van der Waals surface area contributed by atoms with Gasteiger partial charge < -0.3 is 30.2 Å². The summed E-state index contributed by atoms with van der Waals surface area (Å²) in [6.07, 6.45) is -1.18. The van der Waals surface area contributed by atoms with Crippen LogP contribution in [0.5, 0.6) is 0 Å². The molecule has 11 heteroatoms. The zero-order valence-corrected chi connectivity index (χ0v) is 30.6. The number of carboxylic acid groups (broad SMARTS) is 1. The second-order valence-corrected chi connectivity index (χ2v) is 20.0. The number of alkyl carbamates (subject to hydrolysis) is 1. The van der Waals surface area contributed by atoms with Crippen molar-refractivity contribution in [1.29, 1.82) is 0 Å². The predicted molar refractivity (Wildman–Crippen MR) is 180 cm³/mol. The van der Waals surface area contributed by atoms with Crippen molar-refractivity contribution in [2.75, 3.05) is 0 Å². The van der Waals surface area contributed by atoms with Gasteiger partial charge in [0.25, 0.3) is 0 Å². The first-order valence-electron chi connectivity index (χ1n) is 16.0. The van der Waals surface area contributed by atoms with E-state index in [9.17, 15) is 24.3 Å². The van der Waals surface area contributed by atoms with Crippen molar-refractivity contribution in [1.82, 2.24) is 16.0 Å². The molecule has 4 atom stereocenters. The van der Waals surface area contributed by atoms with E-state index < -0.39 is 62.4 Å². The summed E-state index contributed by atoms with van der Waals surface area (Å²) in [7, 11) is -2.47. The summed E-state index contributed by atoms with van der Waals surface area (Å²) >= 11 is 0. The van der Waals surface area contributed by atoms with Crippen molar-refractivity contribution < 1.29 is 33.4 Å². The Morgan fingerprint density at radius 3 is 1.91 bits per heavy atom. The Labute approximate surface area is 271 Å². The molecule has 0 saturated carbocycles. The molecule has 4 N–H and O–H groups in total. The van der Waals surface area contributed by atoms with Crippen LogP contribution < -0.4 is 16.0 Å². The lowest BCUT2D eigenvalue weighted by molar-refractivity contribution is -0.142. The van der Waals surface area contributed by atoms with Crippen molar-refractivity contribution in [3.63, 3.8) is 0 Å². The highest BCUT2D eigenvalue weighted by Gasteiger charge is 2.43. The molecule has 1 aromatic rings. The fraction of sp³-hybridized carbons (Fsp3) is 0.706. The van der Waals surface area contributed by atoms with Crippen LogP contribution in [0.1, 0.15) is 94.1 Å². The molecule has 1 aromatic carbocycles. The fourth-order valence-electron chi connectivity index (χ4n) is 4.60. The molecule has 256 valence electrons. The molecule has 0 aliphatic rings. The lowest BCUT2D eigenvalue weighted by Crippen LogP contribution is -2.55. The van der Waals surface area contributed by atoms with Crippen molar-refractivity contribution in [2.45, 2.75) is 137 Å². The van der Waals surface area contributed by atoms with E-state index in [1.807, 2.05) is 58.0 Å². The van der Waals surface area contributed by atoms with Gasteiger partial charge in [-0.05, 0) is 69.1 Å². The molecule has 0 radical (unpaired) electrons. The summed E-state index contributed by atoms with van der Waals surface area (Å²) in [4.78, 5) is 52.0. The number of amides is 3. The van der Waals surface area contributed by atoms with Gasteiger partial charge >= 0.3 is 12.1 Å². The van der Waals surface area contributed by atoms with Crippen LogP contribution in [-0.2, 0) is 30.1 Å². The molecule has 0 fully saturated rings. The minimum absolute atomic E-state index is 0.0360. The number of ether oxygens (including phenoxy) is 1. The van der Waals surface area contributed by atoms with E-state index in [1.165, 1.54) is 0 Å². The van der Waals surface area contributed by atoms with Crippen LogP contribution in [0.25, 0.3) is 0 Å². The molecule has 0 unspecified atom stereocenters. The van der Waals surface area contributed by atoms with Gasteiger partial charge in [0, 0.05) is 6.54 Å². The van der Waals surface area contributed by atoms with Crippen LogP contribution >= 0.6 is 0 Å². The Bertz CT molecular complexity index is 1110. The SMILES string of the molecule is CC(C)C[C@H](NC(=O)OC(C)(C)C)[C@H](C[C@@H](CC(=O)O)C(=O)N[C@H](C(=O)NCc1ccccc1)C(C)C)O[Si](C)(C)C(C)(C)C. The predicted octanol–water partition coefficient (Wildman–Crippen LogP) is 6.25. The molecule has 0 heterocycles. The molecule has 0 aliphatic heterocycles. The Kier molecular flexibility index (Phi) is 15.3. The second-order valence-electron chi connectivity index (χ2n) is 15.3. The largest absolute Gasteiger partial charge is 0.481 e. The molecule has 0 aliphatic carbocycles. The van der Waals surface area contributed by atoms with Crippen LogP contribution in [0.3, 0.4) is 0 Å². The number of hydrogen-bond acceptors (Lipinski definition) is 6. The average Bonchev–Trinajstić information content (AvgIpc) is 2.87. The topological polar surface area (TPSA) is 143 Å². The maximum absolute atomic E-state index is 13.8. The van der Waals surface area contributed by atoms with Crippen molar-refractivity contribution in [3.8, 4) is 0 Å². The van der Waals surface area contributed by atoms with Crippen LogP contribution in [0.4, 0.5) is 4.79 Å². The zero-order valence-electron chi connectivity index (χ0n) is 29.6. The quantitative estimate of drug-likeness (QED) is 0.155. The van der Waals surface area contributed by atoms with Crippen LogP contribution in [-0.4, -0.2) is 61.1 Å². The van der Waals surface area contributed by atoms with Gasteiger partial charge in [-0.25, -0.2) is 4.79 Å². The minimum Gasteiger partial charge on any atom is -0.481 e. The number of nitrogens with one attached hydrogen (secondary N) is 3. The van der Waals surface area contributed by atoms with Crippen molar-refractivity contribution in [2.24, 2.45) is 17.8 Å². The van der Waals surface area contributed by atoms with Crippen molar-refractivity contribution >= 4 is 32.2 Å². The first kappa shape index (κ1) is 40.1. The Balaban J connectivity index is 3.40. The minimum atomic E-state index is -2.47. The molecular formula is C34H59N3O7Si. The molecule has 3 amide bonds. The van der Waals surface area contributed by atoms with E-state index in [0.717, 1.165) is 5.56 Å². The van der Waals surface area contributed by atoms with E-state index >= 15 is 0 Å². The van der Waals surface area contributed by atoms with Crippen molar-refractivity contribution in [3.05, 3.63) is 35.9 Å². The number of benzene rings is 1. The first-order chi connectivity index (χ1) is 20.5. The molecule has 45 heavy (non-hydrogen) atoms. The zero-order chi connectivity index (χ0) is 34.8. The van der Waals surface area contributed by atoms with Gasteiger partial charge in [0.15, 0.2) is 8.32 Å². The summed E-state index contributed by atoms with van der Waals surface area (Å²) in [5.74, 6) is -3.16. The molecule has 0 aromatic heterocycles. The summed E-state index contributed by atoms with van der Waals surface area (Å²) in [6, 6.07) is 8.03. The smallest absolute Gasteiger partial charge is 0.407 e. The fourth-order valence-corrected chi connectivity index (χ4v) is 5.97. The highest BCUT2D eigenvalue weighted by atomic mass is 28.4. The van der Waals surface area contributed by atoms with Gasteiger partial charge in [-0.2, -0.15) is 0 Å². The summed E-state index contributed by atoms with van der Waals surface area (Å²) in [5, 5.41) is 18.4. The third-order valence-electron chi connectivity index (χ3n) is 7.99. The monoisotopic (exact) mass is 649 g/mol. The van der Waals surface area contributed by atoms with Gasteiger partial charge in [0.2, 0.25) is 11.8 Å². The molecule has 0 spiro atoms. The third kappa shape index (κ3) is 14.8. The van der Waals surface area contributed by atoms with E-state index in [1.54, 1.807) is 20.8 Å². The van der Waals surface area contributed by atoms with Gasteiger partial charge in [0.1, 0.15) is 11.6 Å². The highest BCUT2D eigenvalue weighted by Crippen LogP contribution is 2.39. The van der Waals surface area contributed by atoms with Gasteiger partial charge in [0.05, 0.1) is 24.5 Å². The van der Waals surface area contributed by atoms with E-state index in [0.29, 0.717) is 13.0 Å². The number of carbonyl (C=O) groups excluding carboxylic acids is 3. The molecule has 0 bridgehead atoms. The van der Waals surface area contributed by atoms with Crippen LogP contribution in [0.15, 0.2) is 30.3 Å². The lowest BCUT2D eigenvalue weighted by atomic mass is 9.89. The number of carboxylic acids is 1. The molecule has 0 saturated heterocycles. The average molecular weight is 650 g/mol. The van der Waals surface area contributed by atoms with Crippen LogP contribution in [0.2, 0.25) is 18.1 Å². The van der Waals surface area contributed by atoms with E-state index in [2.05, 4.69) is 49.8 Å². The van der Waals surface area contributed by atoms with E-state index in [-0.39, 0.29) is 29.2 Å². The first-order valence-corrected chi connectivity index (χ1v) is 18.9. The number of rotatable bonds is 16. The highest BCUT2D eigenvalue weighted by molar-refractivity contribution is 6.74. The summed E-state index contributed by atoms with van der Waals surface area (Å²) in [6.45, 7) is 23.8. The van der Waals surface area contributed by atoms with Crippen LogP contribution in [0, 0.1) is 17.8 Å². The summed E-state index contributed by atoms with van der Waals surface area (Å²) in [5.41, 5.74) is 0.198. The Morgan fingerprint density at radius 1 is 0.867 bits per heavy atom. The Hall–Kier alpha value is -2.92. The maximum atomic E-state index is 13.8. The molecule has 1 rings (SSSR count). The molecule has 10 nitrogen and oxygen atoms in total. The standard InChI is InChI=1S/C34H59N3O7Si/c1-22(2)18-26(36-32(42)43-33(5,6)7)27(44-45(11,12)34(8,9)10)19-25(20-28(38)39)30(40)37-29(23(3)4)31(41)35-21-24-16-14-13-15-17-24/h13-17,22-23,25-27,29H,18-21H2,1-12H3,(H,35,41)(H,36,42)(H,37,40)(H,38,39)/t25-,26-,27-,29-/m0/s1. The van der Waals surface area contributed by atoms with Gasteiger partial charge in [-0.3, -0.25) is 14.4 Å². The maximum Gasteiger partial charge on any atom is 0.407 e. The van der Waals surface area contributed by atoms with E-state index in [4.69, 9.17) is 9.16 Å². The number of aliphatic carboxylic acids is 1. The number of carbonyl (C=O) groups is 4. The Morgan fingerprint density at radius 2 is 1.44 bits per heavy atom. The molecular weight excluding hydrogens is 590 g/mol. The van der Waals surface area contributed by atoms with Gasteiger partial charge in [-0.1, -0.05) is 78.8 Å². The summed E-state index contributed by atoms with van der Waals surface area (Å²) < 4.78 is 12.4. The third-order valence-corrected chi connectivity index (χ3v) is 12.5. The normalized spacial score (nSPS) is 15.2. The van der Waals surface area contributed by atoms with Gasteiger partial charge in [-0.15, -0.1) is 0 Å². The second kappa shape index (κ2) is 17.1. The lowest BCUT2D eigenvalue weighted by Gasteiger charge is -2.42. The number of hydrogen-bond donors (Lipinski definition) is 4.